The highest BCUT2D eigenvalue weighted by atomic mass is 32.2. The number of halogens is 3. The molecule has 0 heterocycles. The lowest BCUT2D eigenvalue weighted by atomic mass is 10.2. The zero-order chi connectivity index (χ0) is 14.8. The molecule has 0 spiro atoms. The number of carbonyl (C=O) groups is 1. The van der Waals surface area contributed by atoms with Crippen molar-refractivity contribution >= 4 is 15.7 Å². The third-order valence-electron chi connectivity index (χ3n) is 2.29. The van der Waals surface area contributed by atoms with E-state index in [4.69, 9.17) is 5.73 Å². The molecule has 0 aromatic heterocycles. The van der Waals surface area contributed by atoms with E-state index in [-0.39, 0.29) is 0 Å². The molecule has 19 heavy (non-hydrogen) atoms. The predicted molar refractivity (Wildman–Crippen MR) is 61.6 cm³/mol. The molecule has 1 aromatic rings. The van der Waals surface area contributed by atoms with E-state index in [0.29, 0.717) is 0 Å². The van der Waals surface area contributed by atoms with Crippen LogP contribution in [0.1, 0.15) is 6.92 Å². The molecule has 1 aromatic carbocycles. The van der Waals surface area contributed by atoms with Crippen molar-refractivity contribution < 1.29 is 26.4 Å². The Morgan fingerprint density at radius 3 is 2.00 bits per heavy atom. The van der Waals surface area contributed by atoms with Crippen LogP contribution >= 0.6 is 0 Å². The molecule has 0 atom stereocenters. The number of primary amides is 1. The number of benzene rings is 1. The molecule has 0 radical (unpaired) electrons. The normalized spacial score (nSPS) is 13.9. The van der Waals surface area contributed by atoms with Crippen molar-refractivity contribution in [2.24, 2.45) is 5.73 Å². The molecule has 0 aliphatic rings. The van der Waals surface area contributed by atoms with Gasteiger partial charge in [0.1, 0.15) is 0 Å². The van der Waals surface area contributed by atoms with Gasteiger partial charge in [0.15, 0.2) is 4.91 Å². The van der Waals surface area contributed by atoms with Crippen molar-refractivity contribution in [3.05, 3.63) is 40.8 Å². The Morgan fingerprint density at radius 1 is 1.16 bits per heavy atom. The van der Waals surface area contributed by atoms with Crippen molar-refractivity contribution in [1.82, 2.24) is 0 Å². The first kappa shape index (κ1) is 15.2. The predicted octanol–water partition coefficient (Wildman–Crippen LogP) is 1.78. The van der Waals surface area contributed by atoms with E-state index >= 15 is 0 Å². The van der Waals surface area contributed by atoms with Crippen molar-refractivity contribution in [3.63, 3.8) is 0 Å². The quantitative estimate of drug-likeness (QED) is 0.863. The number of amides is 1. The van der Waals surface area contributed by atoms with Gasteiger partial charge < -0.3 is 5.73 Å². The molecule has 0 saturated heterocycles. The van der Waals surface area contributed by atoms with E-state index in [2.05, 4.69) is 0 Å². The summed E-state index contributed by atoms with van der Waals surface area (Å²) in [5.74, 6) is -1.44. The van der Waals surface area contributed by atoms with E-state index < -0.39 is 37.3 Å². The second-order valence-electron chi connectivity index (χ2n) is 3.63. The maximum Gasteiger partial charge on any atom is 0.427 e. The standard InChI is InChI=1S/C11H10F3NO3S/c1-7(10(15)16)9(11(12,13)14)19(17,18)8-5-3-2-4-6-8/h2-6H,1H3,(H2,15,16). The third kappa shape index (κ3) is 3.14. The van der Waals surface area contributed by atoms with Crippen LogP contribution in [-0.2, 0) is 14.6 Å². The van der Waals surface area contributed by atoms with Crippen LogP contribution in [0.3, 0.4) is 0 Å². The van der Waals surface area contributed by atoms with Gasteiger partial charge in [-0.15, -0.1) is 0 Å². The molecule has 0 fully saturated rings. The summed E-state index contributed by atoms with van der Waals surface area (Å²) < 4.78 is 62.5. The maximum absolute atomic E-state index is 12.9. The lowest BCUT2D eigenvalue weighted by Gasteiger charge is -2.14. The van der Waals surface area contributed by atoms with Crippen LogP contribution in [-0.4, -0.2) is 20.5 Å². The van der Waals surface area contributed by atoms with Gasteiger partial charge in [-0.1, -0.05) is 18.2 Å². The molecule has 2 N–H and O–H groups in total. The molecule has 0 aliphatic carbocycles. The van der Waals surface area contributed by atoms with Crippen LogP contribution in [0.4, 0.5) is 13.2 Å². The molecule has 0 saturated carbocycles. The number of rotatable bonds is 3. The highest BCUT2D eigenvalue weighted by Crippen LogP contribution is 2.36. The van der Waals surface area contributed by atoms with Crippen molar-refractivity contribution in [1.29, 1.82) is 0 Å². The molecule has 104 valence electrons. The number of nitrogens with two attached hydrogens (primary N) is 1. The first-order chi connectivity index (χ1) is 8.58. The Labute approximate surface area is 107 Å². The van der Waals surface area contributed by atoms with E-state index in [1.54, 1.807) is 0 Å². The number of carbonyl (C=O) groups excluding carboxylic acids is 1. The highest BCUT2D eigenvalue weighted by Gasteiger charge is 2.45. The Morgan fingerprint density at radius 2 is 1.63 bits per heavy atom. The SMILES string of the molecule is CC(C(N)=O)=C(C(F)(F)F)S(=O)(=O)c1ccccc1. The molecular weight excluding hydrogens is 283 g/mol. The minimum Gasteiger partial charge on any atom is -0.366 e. The lowest BCUT2D eigenvalue weighted by Crippen LogP contribution is -2.26. The largest absolute Gasteiger partial charge is 0.427 e. The summed E-state index contributed by atoms with van der Waals surface area (Å²) in [6.07, 6.45) is -5.20. The van der Waals surface area contributed by atoms with Crippen molar-refractivity contribution in [3.8, 4) is 0 Å². The average molecular weight is 293 g/mol. The topological polar surface area (TPSA) is 77.2 Å². The molecule has 8 heteroatoms. The van der Waals surface area contributed by atoms with Crippen molar-refractivity contribution in [2.75, 3.05) is 0 Å². The van der Waals surface area contributed by atoms with E-state index in [9.17, 15) is 26.4 Å². The van der Waals surface area contributed by atoms with Gasteiger partial charge in [0.2, 0.25) is 15.7 Å². The van der Waals surface area contributed by atoms with Crippen LogP contribution in [0.5, 0.6) is 0 Å². The maximum atomic E-state index is 12.9. The van der Waals surface area contributed by atoms with E-state index in [1.807, 2.05) is 0 Å². The zero-order valence-corrected chi connectivity index (χ0v) is 10.5. The van der Waals surface area contributed by atoms with Crippen LogP contribution < -0.4 is 5.73 Å². The molecule has 1 amide bonds. The first-order valence-electron chi connectivity index (χ1n) is 4.96. The van der Waals surface area contributed by atoms with E-state index in [1.165, 1.54) is 18.2 Å². The summed E-state index contributed by atoms with van der Waals surface area (Å²) in [7, 11) is -4.85. The number of hydrogen-bond acceptors (Lipinski definition) is 3. The number of alkyl halides is 3. The fourth-order valence-electron chi connectivity index (χ4n) is 1.40. The Hall–Kier alpha value is -1.83. The van der Waals surface area contributed by atoms with Crippen LogP contribution in [0.15, 0.2) is 45.7 Å². The Balaban J connectivity index is 3.62. The summed E-state index contributed by atoms with van der Waals surface area (Å²) in [5, 5.41) is 0. The molecular formula is C11H10F3NO3S. The van der Waals surface area contributed by atoms with Crippen LogP contribution in [0.25, 0.3) is 0 Å². The monoisotopic (exact) mass is 293 g/mol. The summed E-state index contributed by atoms with van der Waals surface area (Å²) in [6.45, 7) is 0.728. The summed E-state index contributed by atoms with van der Waals surface area (Å²) >= 11 is 0. The fourth-order valence-corrected chi connectivity index (χ4v) is 2.96. The fraction of sp³-hybridized carbons (Fsp3) is 0.182. The van der Waals surface area contributed by atoms with Gasteiger partial charge >= 0.3 is 6.18 Å². The minimum atomic E-state index is -5.20. The lowest BCUT2D eigenvalue weighted by molar-refractivity contribution is -0.116. The smallest absolute Gasteiger partial charge is 0.366 e. The number of allylic oxidation sites excluding steroid dienone is 1. The van der Waals surface area contributed by atoms with Gasteiger partial charge in [-0.3, -0.25) is 4.79 Å². The third-order valence-corrected chi connectivity index (χ3v) is 4.26. The van der Waals surface area contributed by atoms with Gasteiger partial charge in [-0.2, -0.15) is 13.2 Å². The molecule has 4 nitrogen and oxygen atoms in total. The Bertz CT molecular complexity index is 618. The summed E-state index contributed by atoms with van der Waals surface area (Å²) in [4.78, 5) is 8.38. The minimum absolute atomic E-state index is 0.553. The van der Waals surface area contributed by atoms with E-state index in [0.717, 1.165) is 19.1 Å². The van der Waals surface area contributed by atoms with Gasteiger partial charge in [-0.05, 0) is 19.1 Å². The van der Waals surface area contributed by atoms with Crippen LogP contribution in [0, 0.1) is 0 Å². The summed E-state index contributed by atoms with van der Waals surface area (Å²) in [6, 6.07) is 6.03. The van der Waals surface area contributed by atoms with Crippen molar-refractivity contribution in [2.45, 2.75) is 18.0 Å². The second kappa shape index (κ2) is 5.04. The molecule has 0 aliphatic heterocycles. The highest BCUT2D eigenvalue weighted by molar-refractivity contribution is 7.95. The average Bonchev–Trinajstić information content (AvgIpc) is 2.27. The zero-order valence-electron chi connectivity index (χ0n) is 9.73. The van der Waals surface area contributed by atoms with Crippen LogP contribution in [0.2, 0.25) is 0 Å². The first-order valence-corrected chi connectivity index (χ1v) is 6.45. The Kier molecular flexibility index (Phi) is 4.04. The number of sulfone groups is 1. The van der Waals surface area contributed by atoms with Gasteiger partial charge in [0.05, 0.1) is 4.90 Å². The molecule has 0 unspecified atom stereocenters. The molecule has 0 bridgehead atoms. The molecule has 1 rings (SSSR count). The summed E-state index contributed by atoms with van der Waals surface area (Å²) in [5.41, 5.74) is 3.70. The number of hydrogen-bond donors (Lipinski definition) is 1. The van der Waals surface area contributed by atoms with Gasteiger partial charge in [0.25, 0.3) is 0 Å². The van der Waals surface area contributed by atoms with Gasteiger partial charge in [0, 0.05) is 5.57 Å². The second-order valence-corrected chi connectivity index (χ2v) is 5.52. The van der Waals surface area contributed by atoms with Gasteiger partial charge in [-0.25, -0.2) is 8.42 Å².